The van der Waals surface area contributed by atoms with Crippen molar-refractivity contribution in [2.45, 2.75) is 25.9 Å². The zero-order chi connectivity index (χ0) is 12.6. The fourth-order valence-corrected chi connectivity index (χ4v) is 3.03. The van der Waals surface area contributed by atoms with Crippen LogP contribution in [0.15, 0.2) is 18.2 Å². The van der Waals surface area contributed by atoms with E-state index in [4.69, 9.17) is 23.2 Å². The Hall–Kier alpha value is -0.440. The molecule has 0 radical (unpaired) electrons. The lowest BCUT2D eigenvalue weighted by atomic mass is 10.1. The van der Waals surface area contributed by atoms with E-state index in [-0.39, 0.29) is 0 Å². The highest BCUT2D eigenvalue weighted by atomic mass is 35.5. The van der Waals surface area contributed by atoms with Gasteiger partial charge in [-0.25, -0.2) is 0 Å². The Kier molecular flexibility index (Phi) is 3.86. The summed E-state index contributed by atoms with van der Waals surface area (Å²) in [6.45, 7) is 6.64. The first-order valence-corrected chi connectivity index (χ1v) is 6.66. The molecular formula is C13H18Cl2N2. The third kappa shape index (κ3) is 2.70. The largest absolute Gasteiger partial charge is 0.364 e. The van der Waals surface area contributed by atoms with Crippen LogP contribution in [0.2, 0.25) is 10.0 Å². The van der Waals surface area contributed by atoms with Crippen molar-refractivity contribution in [3.8, 4) is 0 Å². The highest BCUT2D eigenvalue weighted by molar-refractivity contribution is 6.42. The van der Waals surface area contributed by atoms with Crippen molar-refractivity contribution >= 4 is 28.9 Å². The second-order valence-corrected chi connectivity index (χ2v) is 5.74. The summed E-state index contributed by atoms with van der Waals surface area (Å²) in [5.74, 6) is 0. The standard InChI is InChI=1S/C13H18Cl2N2/c1-9-7-16(3)8-10(2)17(9)11-4-5-12(14)13(15)6-11/h4-6,9-10H,7-8H2,1-3H3. The molecule has 0 aromatic heterocycles. The number of hydrogen-bond donors (Lipinski definition) is 0. The highest BCUT2D eigenvalue weighted by Crippen LogP contribution is 2.30. The Morgan fingerprint density at radius 3 is 2.18 bits per heavy atom. The summed E-state index contributed by atoms with van der Waals surface area (Å²) in [6, 6.07) is 6.85. The van der Waals surface area contributed by atoms with E-state index in [1.54, 1.807) is 0 Å². The number of likely N-dealkylation sites (N-methyl/N-ethyl adjacent to an activating group) is 1. The molecule has 0 N–H and O–H groups in total. The number of hydrogen-bond acceptors (Lipinski definition) is 2. The predicted molar refractivity (Wildman–Crippen MR) is 75.4 cm³/mol. The third-order valence-corrected chi connectivity index (χ3v) is 4.04. The van der Waals surface area contributed by atoms with Gasteiger partial charge in [-0.05, 0) is 39.1 Å². The van der Waals surface area contributed by atoms with Crippen molar-refractivity contribution in [3.05, 3.63) is 28.2 Å². The van der Waals surface area contributed by atoms with Gasteiger partial charge in [0.1, 0.15) is 0 Å². The normalized spacial score (nSPS) is 26.3. The van der Waals surface area contributed by atoms with Gasteiger partial charge in [-0.3, -0.25) is 0 Å². The molecule has 0 saturated carbocycles. The van der Waals surface area contributed by atoms with Gasteiger partial charge in [0.25, 0.3) is 0 Å². The van der Waals surface area contributed by atoms with Gasteiger partial charge in [-0.2, -0.15) is 0 Å². The summed E-state index contributed by atoms with van der Waals surface area (Å²) >= 11 is 12.0. The number of piperazine rings is 1. The number of anilines is 1. The molecule has 17 heavy (non-hydrogen) atoms. The monoisotopic (exact) mass is 272 g/mol. The Morgan fingerprint density at radius 2 is 1.65 bits per heavy atom. The molecule has 1 aromatic rings. The van der Waals surface area contributed by atoms with Crippen LogP contribution in [-0.2, 0) is 0 Å². The number of benzene rings is 1. The van der Waals surface area contributed by atoms with Crippen LogP contribution in [0, 0.1) is 0 Å². The van der Waals surface area contributed by atoms with Crippen LogP contribution >= 0.6 is 23.2 Å². The molecule has 2 rings (SSSR count). The fraction of sp³-hybridized carbons (Fsp3) is 0.538. The van der Waals surface area contributed by atoms with Crippen molar-refractivity contribution in [1.29, 1.82) is 0 Å². The maximum Gasteiger partial charge on any atom is 0.0612 e. The third-order valence-electron chi connectivity index (χ3n) is 3.30. The molecule has 1 fully saturated rings. The van der Waals surface area contributed by atoms with Crippen LogP contribution < -0.4 is 4.90 Å². The molecule has 1 aliphatic heterocycles. The number of halogens is 2. The van der Waals surface area contributed by atoms with Gasteiger partial charge in [-0.1, -0.05) is 23.2 Å². The molecule has 1 aromatic carbocycles. The van der Waals surface area contributed by atoms with Gasteiger partial charge < -0.3 is 9.80 Å². The molecule has 1 aliphatic rings. The molecular weight excluding hydrogens is 255 g/mol. The zero-order valence-electron chi connectivity index (χ0n) is 10.5. The lowest BCUT2D eigenvalue weighted by Gasteiger charge is -2.44. The molecule has 4 heteroatoms. The number of nitrogens with zero attached hydrogens (tertiary/aromatic N) is 2. The molecule has 0 spiro atoms. The molecule has 2 unspecified atom stereocenters. The molecule has 94 valence electrons. The van der Waals surface area contributed by atoms with E-state index in [9.17, 15) is 0 Å². The Bertz CT molecular complexity index is 396. The molecule has 0 bridgehead atoms. The van der Waals surface area contributed by atoms with Gasteiger partial charge in [0.2, 0.25) is 0 Å². The van der Waals surface area contributed by atoms with Crippen molar-refractivity contribution in [1.82, 2.24) is 4.90 Å². The van der Waals surface area contributed by atoms with Crippen molar-refractivity contribution in [2.24, 2.45) is 0 Å². The summed E-state index contributed by atoms with van der Waals surface area (Å²) < 4.78 is 0. The topological polar surface area (TPSA) is 6.48 Å². The Balaban J connectivity index is 2.28. The summed E-state index contributed by atoms with van der Waals surface area (Å²) in [6.07, 6.45) is 0. The zero-order valence-corrected chi connectivity index (χ0v) is 12.0. The maximum absolute atomic E-state index is 6.09. The first-order chi connectivity index (χ1) is 7.99. The molecule has 1 heterocycles. The molecule has 2 atom stereocenters. The van der Waals surface area contributed by atoms with Gasteiger partial charge in [0.15, 0.2) is 0 Å². The van der Waals surface area contributed by atoms with Crippen molar-refractivity contribution in [3.63, 3.8) is 0 Å². The quantitative estimate of drug-likeness (QED) is 0.772. The van der Waals surface area contributed by atoms with Gasteiger partial charge in [0, 0.05) is 30.9 Å². The first-order valence-electron chi connectivity index (χ1n) is 5.91. The van der Waals surface area contributed by atoms with Crippen LogP contribution in [0.5, 0.6) is 0 Å². The minimum absolute atomic E-state index is 0.487. The second-order valence-electron chi connectivity index (χ2n) is 4.92. The van der Waals surface area contributed by atoms with E-state index in [1.165, 1.54) is 0 Å². The smallest absolute Gasteiger partial charge is 0.0612 e. The second kappa shape index (κ2) is 5.05. The summed E-state index contributed by atoms with van der Waals surface area (Å²) in [7, 11) is 2.17. The molecule has 0 amide bonds. The first kappa shape index (κ1) is 13.0. The van der Waals surface area contributed by atoms with Crippen LogP contribution in [0.25, 0.3) is 0 Å². The van der Waals surface area contributed by atoms with E-state index in [2.05, 4.69) is 30.7 Å². The SMILES string of the molecule is CC1CN(C)CC(C)N1c1ccc(Cl)c(Cl)c1. The molecule has 1 saturated heterocycles. The minimum atomic E-state index is 0.487. The van der Waals surface area contributed by atoms with Crippen molar-refractivity contribution in [2.75, 3.05) is 25.0 Å². The molecule has 0 aliphatic carbocycles. The minimum Gasteiger partial charge on any atom is -0.364 e. The van der Waals surface area contributed by atoms with E-state index < -0.39 is 0 Å². The molecule has 2 nitrogen and oxygen atoms in total. The number of rotatable bonds is 1. The van der Waals surface area contributed by atoms with Crippen LogP contribution in [0.4, 0.5) is 5.69 Å². The van der Waals surface area contributed by atoms with Crippen LogP contribution in [0.3, 0.4) is 0 Å². The maximum atomic E-state index is 6.09. The average molecular weight is 273 g/mol. The van der Waals surface area contributed by atoms with Crippen molar-refractivity contribution < 1.29 is 0 Å². The fourth-order valence-electron chi connectivity index (χ4n) is 2.74. The van der Waals surface area contributed by atoms with Gasteiger partial charge in [0.05, 0.1) is 10.0 Å². The van der Waals surface area contributed by atoms with E-state index in [0.29, 0.717) is 22.1 Å². The Labute approximate surface area is 113 Å². The van der Waals surface area contributed by atoms with E-state index in [1.807, 2.05) is 18.2 Å². The Morgan fingerprint density at radius 1 is 1.06 bits per heavy atom. The van der Waals surface area contributed by atoms with E-state index >= 15 is 0 Å². The van der Waals surface area contributed by atoms with Gasteiger partial charge in [-0.15, -0.1) is 0 Å². The van der Waals surface area contributed by atoms with Gasteiger partial charge >= 0.3 is 0 Å². The summed E-state index contributed by atoms with van der Waals surface area (Å²) in [5.41, 5.74) is 1.16. The van der Waals surface area contributed by atoms with Crippen LogP contribution in [-0.4, -0.2) is 37.1 Å². The summed E-state index contributed by atoms with van der Waals surface area (Å²) in [4.78, 5) is 4.78. The lowest BCUT2D eigenvalue weighted by Crippen LogP contribution is -2.55. The highest BCUT2D eigenvalue weighted by Gasteiger charge is 2.27. The summed E-state index contributed by atoms with van der Waals surface area (Å²) in [5, 5.41) is 1.24. The predicted octanol–water partition coefficient (Wildman–Crippen LogP) is 3.52. The van der Waals surface area contributed by atoms with Crippen LogP contribution in [0.1, 0.15) is 13.8 Å². The van der Waals surface area contributed by atoms with E-state index in [0.717, 1.165) is 18.8 Å². The lowest BCUT2D eigenvalue weighted by molar-refractivity contribution is 0.240. The average Bonchev–Trinajstić information content (AvgIpc) is 2.21.